The average Bonchev–Trinajstić information content (AvgIpc) is 2.55. The van der Waals surface area contributed by atoms with Gasteiger partial charge in [0, 0.05) is 24.9 Å². The minimum atomic E-state index is -0.200. The number of hydrogen-bond donors (Lipinski definition) is 0. The van der Waals surface area contributed by atoms with Crippen LogP contribution < -0.4 is 0 Å². The summed E-state index contributed by atoms with van der Waals surface area (Å²) in [6, 6.07) is 0. The van der Waals surface area contributed by atoms with E-state index in [0.717, 1.165) is 13.1 Å². The summed E-state index contributed by atoms with van der Waals surface area (Å²) in [5, 5.41) is 0. The molecule has 0 aliphatic rings. The lowest BCUT2D eigenvalue weighted by atomic mass is 10.1. The monoisotopic (exact) mass is 325 g/mol. The summed E-state index contributed by atoms with van der Waals surface area (Å²) in [6.45, 7) is 10.5. The highest BCUT2D eigenvalue weighted by molar-refractivity contribution is 5.87. The predicted octanol–water partition coefficient (Wildman–Crippen LogP) is 5.70. The molecular weight excluding hydrogens is 286 g/mol. The van der Waals surface area contributed by atoms with Gasteiger partial charge in [0.25, 0.3) is 0 Å². The van der Waals surface area contributed by atoms with Crippen molar-refractivity contribution in [2.24, 2.45) is 0 Å². The Morgan fingerprint density at radius 3 is 1.87 bits per heavy atom. The van der Waals surface area contributed by atoms with E-state index < -0.39 is 0 Å². The molecule has 0 radical (unpaired) electrons. The van der Waals surface area contributed by atoms with Gasteiger partial charge in [-0.3, -0.25) is 0 Å². The molecule has 0 rings (SSSR count). The lowest BCUT2D eigenvalue weighted by molar-refractivity contribution is -0.138. The van der Waals surface area contributed by atoms with Crippen LogP contribution in [0.3, 0.4) is 0 Å². The average molecular weight is 326 g/mol. The van der Waals surface area contributed by atoms with Crippen molar-refractivity contribution in [2.75, 3.05) is 19.7 Å². The van der Waals surface area contributed by atoms with E-state index in [9.17, 15) is 4.79 Å². The van der Waals surface area contributed by atoms with Crippen LogP contribution in [-0.2, 0) is 9.53 Å². The van der Waals surface area contributed by atoms with E-state index in [1.807, 2.05) is 20.0 Å². The summed E-state index contributed by atoms with van der Waals surface area (Å²) < 4.78 is 5.02. The van der Waals surface area contributed by atoms with Crippen molar-refractivity contribution in [3.63, 3.8) is 0 Å². The quantitative estimate of drug-likeness (QED) is 0.220. The number of hydrogen-bond acceptors (Lipinski definition) is 3. The van der Waals surface area contributed by atoms with Crippen LogP contribution in [-0.4, -0.2) is 30.6 Å². The first-order valence-corrected chi connectivity index (χ1v) is 9.75. The fourth-order valence-corrected chi connectivity index (χ4v) is 2.69. The van der Waals surface area contributed by atoms with Crippen molar-refractivity contribution < 1.29 is 9.53 Å². The molecule has 0 bridgehead atoms. The van der Waals surface area contributed by atoms with Gasteiger partial charge < -0.3 is 9.64 Å². The normalized spacial score (nSPS) is 11.6. The second-order valence-corrected chi connectivity index (χ2v) is 6.34. The molecule has 3 nitrogen and oxygen atoms in total. The SMILES string of the molecule is CCCCCCCCCCCCN(C=C(C)C(=O)OCC)CC. The van der Waals surface area contributed by atoms with E-state index in [0.29, 0.717) is 12.2 Å². The van der Waals surface area contributed by atoms with Crippen molar-refractivity contribution >= 4 is 5.97 Å². The van der Waals surface area contributed by atoms with Crippen LogP contribution in [0.4, 0.5) is 0 Å². The van der Waals surface area contributed by atoms with Gasteiger partial charge in [0.2, 0.25) is 0 Å². The molecule has 0 aliphatic heterocycles. The standard InChI is InChI=1S/C20H39NO2/c1-5-8-9-10-11-12-13-14-15-16-17-21(6-2)18-19(4)20(22)23-7-3/h18H,5-17H2,1-4H3. The highest BCUT2D eigenvalue weighted by atomic mass is 16.5. The minimum absolute atomic E-state index is 0.200. The second-order valence-electron chi connectivity index (χ2n) is 6.34. The van der Waals surface area contributed by atoms with Gasteiger partial charge in [0.05, 0.1) is 6.61 Å². The Balaban J connectivity index is 3.68. The fraction of sp³-hybridized carbons (Fsp3) is 0.850. The van der Waals surface area contributed by atoms with Crippen LogP contribution >= 0.6 is 0 Å². The van der Waals surface area contributed by atoms with Crippen LogP contribution in [0.1, 0.15) is 91.9 Å². The zero-order valence-corrected chi connectivity index (χ0v) is 16.0. The summed E-state index contributed by atoms with van der Waals surface area (Å²) in [5.41, 5.74) is 0.695. The third-order valence-corrected chi connectivity index (χ3v) is 4.18. The van der Waals surface area contributed by atoms with Crippen molar-refractivity contribution in [1.82, 2.24) is 4.90 Å². The van der Waals surface area contributed by atoms with E-state index in [4.69, 9.17) is 4.74 Å². The Kier molecular flexibility index (Phi) is 15.2. The maximum atomic E-state index is 11.6. The Hall–Kier alpha value is -0.990. The summed E-state index contributed by atoms with van der Waals surface area (Å²) in [4.78, 5) is 13.8. The highest BCUT2D eigenvalue weighted by Crippen LogP contribution is 2.11. The van der Waals surface area contributed by atoms with E-state index in [2.05, 4.69) is 18.7 Å². The summed E-state index contributed by atoms with van der Waals surface area (Å²) >= 11 is 0. The topological polar surface area (TPSA) is 29.5 Å². The van der Waals surface area contributed by atoms with Crippen LogP contribution in [0.5, 0.6) is 0 Å². The number of esters is 1. The summed E-state index contributed by atoms with van der Waals surface area (Å²) in [5.74, 6) is -0.200. The molecule has 0 spiro atoms. The molecule has 136 valence electrons. The van der Waals surface area contributed by atoms with Gasteiger partial charge in [-0.1, -0.05) is 64.7 Å². The van der Waals surface area contributed by atoms with E-state index >= 15 is 0 Å². The number of carbonyl (C=O) groups excluding carboxylic acids is 1. The van der Waals surface area contributed by atoms with Gasteiger partial charge in [-0.05, 0) is 27.2 Å². The smallest absolute Gasteiger partial charge is 0.335 e. The number of nitrogens with zero attached hydrogens (tertiary/aromatic N) is 1. The molecule has 0 fully saturated rings. The molecule has 0 N–H and O–H groups in total. The van der Waals surface area contributed by atoms with E-state index in [1.165, 1.54) is 64.2 Å². The van der Waals surface area contributed by atoms with Crippen LogP contribution in [0.25, 0.3) is 0 Å². The zero-order valence-electron chi connectivity index (χ0n) is 16.0. The molecule has 0 aromatic heterocycles. The minimum Gasteiger partial charge on any atom is -0.463 e. The molecule has 0 aromatic carbocycles. The number of rotatable bonds is 15. The third kappa shape index (κ3) is 13.2. The van der Waals surface area contributed by atoms with E-state index in [-0.39, 0.29) is 5.97 Å². The first-order valence-electron chi connectivity index (χ1n) is 9.75. The fourth-order valence-electron chi connectivity index (χ4n) is 2.69. The largest absolute Gasteiger partial charge is 0.463 e. The number of carbonyl (C=O) groups is 1. The molecule has 0 aromatic rings. The van der Waals surface area contributed by atoms with Crippen LogP contribution in [0.15, 0.2) is 11.8 Å². The predicted molar refractivity (Wildman–Crippen MR) is 99.5 cm³/mol. The molecule has 23 heavy (non-hydrogen) atoms. The molecule has 0 unspecified atom stereocenters. The Morgan fingerprint density at radius 2 is 1.39 bits per heavy atom. The maximum Gasteiger partial charge on any atom is 0.335 e. The van der Waals surface area contributed by atoms with Crippen molar-refractivity contribution in [1.29, 1.82) is 0 Å². The first kappa shape index (κ1) is 22.0. The van der Waals surface area contributed by atoms with Gasteiger partial charge in [-0.2, -0.15) is 0 Å². The van der Waals surface area contributed by atoms with Gasteiger partial charge in [0.1, 0.15) is 0 Å². The van der Waals surface area contributed by atoms with Crippen molar-refractivity contribution in [3.05, 3.63) is 11.8 Å². The summed E-state index contributed by atoms with van der Waals surface area (Å²) in [6.07, 6.45) is 15.5. The lowest BCUT2D eigenvalue weighted by Crippen LogP contribution is -2.20. The molecule has 0 aliphatic carbocycles. The Bertz CT molecular complexity index is 313. The van der Waals surface area contributed by atoms with Crippen LogP contribution in [0, 0.1) is 0 Å². The molecule has 0 atom stereocenters. The number of unbranched alkanes of at least 4 members (excludes halogenated alkanes) is 9. The van der Waals surface area contributed by atoms with Gasteiger partial charge in [0.15, 0.2) is 0 Å². The second kappa shape index (κ2) is 15.9. The van der Waals surface area contributed by atoms with E-state index in [1.54, 1.807) is 0 Å². The van der Waals surface area contributed by atoms with Gasteiger partial charge in [-0.15, -0.1) is 0 Å². The summed E-state index contributed by atoms with van der Waals surface area (Å²) in [7, 11) is 0. The number of ether oxygens (including phenoxy) is 1. The Labute approximate surface area is 144 Å². The van der Waals surface area contributed by atoms with Crippen molar-refractivity contribution in [2.45, 2.75) is 91.9 Å². The zero-order chi connectivity index (χ0) is 17.3. The van der Waals surface area contributed by atoms with Crippen LogP contribution in [0.2, 0.25) is 0 Å². The maximum absolute atomic E-state index is 11.6. The molecule has 3 heteroatoms. The third-order valence-electron chi connectivity index (χ3n) is 4.18. The van der Waals surface area contributed by atoms with Gasteiger partial charge >= 0.3 is 5.97 Å². The molecule has 0 saturated carbocycles. The molecule has 0 amide bonds. The molecule has 0 saturated heterocycles. The van der Waals surface area contributed by atoms with Gasteiger partial charge in [-0.25, -0.2) is 4.79 Å². The van der Waals surface area contributed by atoms with Crippen molar-refractivity contribution in [3.8, 4) is 0 Å². The molecule has 0 heterocycles. The lowest BCUT2D eigenvalue weighted by Gasteiger charge is -2.19. The highest BCUT2D eigenvalue weighted by Gasteiger charge is 2.06. The molecular formula is C20H39NO2. The first-order chi connectivity index (χ1) is 11.2. The Morgan fingerprint density at radius 1 is 0.870 bits per heavy atom.